The summed E-state index contributed by atoms with van der Waals surface area (Å²) in [4.78, 5) is 0. The first kappa shape index (κ1) is 10.3. The van der Waals surface area contributed by atoms with Gasteiger partial charge in [-0.3, -0.25) is 0 Å². The maximum Gasteiger partial charge on any atom is 0.167 e. The predicted octanol–water partition coefficient (Wildman–Crippen LogP) is 1.75. The van der Waals surface area contributed by atoms with Crippen LogP contribution < -0.4 is 4.74 Å². The van der Waals surface area contributed by atoms with E-state index in [0.717, 1.165) is 6.07 Å². The maximum absolute atomic E-state index is 13.0. The van der Waals surface area contributed by atoms with Gasteiger partial charge >= 0.3 is 0 Å². The summed E-state index contributed by atoms with van der Waals surface area (Å²) in [5.41, 5.74) is -0.385. The quantitative estimate of drug-likeness (QED) is 0.789. The highest BCUT2D eigenvalue weighted by Gasteiger charge is 2.18. The first-order chi connectivity index (χ1) is 6.61. The zero-order valence-corrected chi connectivity index (χ0v) is 7.34. The van der Waals surface area contributed by atoms with Crippen molar-refractivity contribution in [3.63, 3.8) is 0 Å². The largest absolute Gasteiger partial charge is 0.504 e. The Hall–Kier alpha value is -1.83. The van der Waals surface area contributed by atoms with E-state index in [2.05, 4.69) is 4.74 Å². The number of hydrogen-bond acceptors (Lipinski definition) is 3. The summed E-state index contributed by atoms with van der Waals surface area (Å²) in [6.45, 7) is 0. The van der Waals surface area contributed by atoms with E-state index in [1.54, 1.807) is 6.07 Å². The molecule has 0 aliphatic heterocycles. The van der Waals surface area contributed by atoms with Crippen LogP contribution in [0.3, 0.4) is 0 Å². The van der Waals surface area contributed by atoms with Crippen molar-refractivity contribution in [3.8, 4) is 17.6 Å². The summed E-state index contributed by atoms with van der Waals surface area (Å²) in [5, 5.41) is 17.7. The number of rotatable bonds is 2. The van der Waals surface area contributed by atoms with E-state index in [-0.39, 0.29) is 11.3 Å². The Kier molecular flexibility index (Phi) is 2.87. The third-order valence-electron chi connectivity index (χ3n) is 1.73. The van der Waals surface area contributed by atoms with Gasteiger partial charge in [-0.2, -0.15) is 5.26 Å². The second-order valence-corrected chi connectivity index (χ2v) is 2.54. The third kappa shape index (κ3) is 1.59. The van der Waals surface area contributed by atoms with E-state index in [1.807, 2.05) is 0 Å². The van der Waals surface area contributed by atoms with Gasteiger partial charge in [0, 0.05) is 6.07 Å². The van der Waals surface area contributed by atoms with E-state index < -0.39 is 23.8 Å². The average molecular weight is 199 g/mol. The molecule has 0 aromatic heterocycles. The van der Waals surface area contributed by atoms with Crippen molar-refractivity contribution in [2.75, 3.05) is 7.11 Å². The minimum absolute atomic E-state index is 0.186. The van der Waals surface area contributed by atoms with Crippen LogP contribution in [0.15, 0.2) is 6.07 Å². The lowest BCUT2D eigenvalue weighted by Gasteiger charge is -2.08. The number of methoxy groups -OCH3 is 1. The molecular formula is C9H7F2NO2. The van der Waals surface area contributed by atoms with Gasteiger partial charge in [0.1, 0.15) is 0 Å². The molecule has 0 atom stereocenters. The number of nitrogens with zero attached hydrogens (tertiary/aromatic N) is 1. The van der Waals surface area contributed by atoms with Gasteiger partial charge in [0.25, 0.3) is 0 Å². The zero-order valence-electron chi connectivity index (χ0n) is 7.34. The molecule has 0 saturated carbocycles. The van der Waals surface area contributed by atoms with Crippen molar-refractivity contribution < 1.29 is 18.6 Å². The van der Waals surface area contributed by atoms with Crippen LogP contribution in [0.25, 0.3) is 0 Å². The second-order valence-electron chi connectivity index (χ2n) is 2.54. The van der Waals surface area contributed by atoms with Crippen LogP contribution in [0, 0.1) is 23.0 Å². The van der Waals surface area contributed by atoms with E-state index in [9.17, 15) is 13.9 Å². The molecule has 0 unspecified atom stereocenters. The Bertz CT molecular complexity index is 399. The molecule has 0 spiro atoms. The first-order valence-electron chi connectivity index (χ1n) is 3.72. The van der Waals surface area contributed by atoms with Crippen LogP contribution in [0.5, 0.6) is 11.5 Å². The van der Waals surface area contributed by atoms with Crippen molar-refractivity contribution in [3.05, 3.63) is 23.3 Å². The molecule has 74 valence electrons. The molecule has 0 heterocycles. The molecule has 0 radical (unpaired) electrons. The van der Waals surface area contributed by atoms with Crippen molar-refractivity contribution in [1.82, 2.24) is 0 Å². The van der Waals surface area contributed by atoms with Crippen molar-refractivity contribution in [1.29, 1.82) is 5.26 Å². The van der Waals surface area contributed by atoms with E-state index >= 15 is 0 Å². The Morgan fingerprint density at radius 1 is 1.57 bits per heavy atom. The summed E-state index contributed by atoms with van der Waals surface area (Å²) in [5.74, 6) is -3.09. The number of benzene rings is 1. The summed E-state index contributed by atoms with van der Waals surface area (Å²) >= 11 is 0. The molecule has 3 nitrogen and oxygen atoms in total. The molecular weight excluding hydrogens is 192 g/mol. The SMILES string of the molecule is COc1cc(F)c(F)c(CC#N)c1O. The van der Waals surface area contributed by atoms with Gasteiger partial charge in [-0.15, -0.1) is 0 Å². The Morgan fingerprint density at radius 2 is 2.21 bits per heavy atom. The van der Waals surface area contributed by atoms with Crippen LogP contribution in [0.4, 0.5) is 8.78 Å². The lowest BCUT2D eigenvalue weighted by molar-refractivity contribution is 0.360. The van der Waals surface area contributed by atoms with Crippen molar-refractivity contribution in [2.45, 2.75) is 6.42 Å². The number of hydrogen-bond donors (Lipinski definition) is 1. The number of halogens is 2. The smallest absolute Gasteiger partial charge is 0.167 e. The molecule has 0 saturated heterocycles. The summed E-state index contributed by atoms with van der Waals surface area (Å²) in [7, 11) is 1.21. The average Bonchev–Trinajstić information content (AvgIpc) is 2.18. The molecule has 0 aliphatic carbocycles. The predicted molar refractivity (Wildman–Crippen MR) is 43.9 cm³/mol. The van der Waals surface area contributed by atoms with Crippen LogP contribution in [0.1, 0.15) is 5.56 Å². The molecule has 1 aromatic rings. The normalized spacial score (nSPS) is 9.57. The monoisotopic (exact) mass is 199 g/mol. The number of nitriles is 1. The van der Waals surface area contributed by atoms with E-state index in [4.69, 9.17) is 5.26 Å². The maximum atomic E-state index is 13.0. The molecule has 0 aliphatic rings. The molecule has 1 N–H and O–H groups in total. The molecule has 14 heavy (non-hydrogen) atoms. The third-order valence-corrected chi connectivity index (χ3v) is 1.73. The molecule has 0 bridgehead atoms. The second kappa shape index (κ2) is 3.92. The molecule has 0 fully saturated rings. The molecule has 0 amide bonds. The highest BCUT2D eigenvalue weighted by Crippen LogP contribution is 2.33. The summed E-state index contributed by atoms with van der Waals surface area (Å²) < 4.78 is 30.5. The summed E-state index contributed by atoms with van der Waals surface area (Å²) in [6.07, 6.45) is -0.411. The van der Waals surface area contributed by atoms with E-state index in [0.29, 0.717) is 0 Å². The fraction of sp³-hybridized carbons (Fsp3) is 0.222. The fourth-order valence-electron chi connectivity index (χ4n) is 1.04. The van der Waals surface area contributed by atoms with Gasteiger partial charge in [0.05, 0.1) is 25.2 Å². The van der Waals surface area contributed by atoms with Gasteiger partial charge in [0.15, 0.2) is 23.1 Å². The van der Waals surface area contributed by atoms with Gasteiger partial charge in [-0.1, -0.05) is 0 Å². The summed E-state index contributed by atoms with van der Waals surface area (Å²) in [6, 6.07) is 2.35. The highest BCUT2D eigenvalue weighted by molar-refractivity contribution is 5.47. The van der Waals surface area contributed by atoms with Crippen LogP contribution >= 0.6 is 0 Å². The van der Waals surface area contributed by atoms with Crippen LogP contribution in [0.2, 0.25) is 0 Å². The Morgan fingerprint density at radius 3 is 2.71 bits per heavy atom. The van der Waals surface area contributed by atoms with Crippen molar-refractivity contribution >= 4 is 0 Å². The topological polar surface area (TPSA) is 53.2 Å². The van der Waals surface area contributed by atoms with Gasteiger partial charge in [0.2, 0.25) is 0 Å². The van der Waals surface area contributed by atoms with Gasteiger partial charge in [-0.05, 0) is 0 Å². The minimum Gasteiger partial charge on any atom is -0.504 e. The Balaban J connectivity index is 3.38. The van der Waals surface area contributed by atoms with Gasteiger partial charge < -0.3 is 9.84 Å². The highest BCUT2D eigenvalue weighted by atomic mass is 19.2. The number of ether oxygens (including phenoxy) is 1. The standard InChI is InChI=1S/C9H7F2NO2/c1-14-7-4-6(10)8(11)5(2-3-12)9(7)13/h4,13H,2H2,1H3. The fourth-order valence-corrected chi connectivity index (χ4v) is 1.04. The Labute approximate surface area is 79.2 Å². The number of phenols is 1. The molecule has 1 rings (SSSR count). The van der Waals surface area contributed by atoms with Gasteiger partial charge in [-0.25, -0.2) is 8.78 Å². The van der Waals surface area contributed by atoms with Crippen molar-refractivity contribution in [2.24, 2.45) is 0 Å². The number of phenolic OH excluding ortho intramolecular Hbond substituents is 1. The number of aromatic hydroxyl groups is 1. The van der Waals surface area contributed by atoms with E-state index in [1.165, 1.54) is 7.11 Å². The van der Waals surface area contributed by atoms with Crippen LogP contribution in [-0.2, 0) is 6.42 Å². The molecule has 5 heteroatoms. The van der Waals surface area contributed by atoms with Crippen LogP contribution in [-0.4, -0.2) is 12.2 Å². The lowest BCUT2D eigenvalue weighted by Crippen LogP contribution is -1.97. The minimum atomic E-state index is -1.22. The first-order valence-corrected chi connectivity index (χ1v) is 3.72. The lowest BCUT2D eigenvalue weighted by atomic mass is 10.1. The zero-order chi connectivity index (χ0) is 10.7. The molecule has 1 aromatic carbocycles.